The van der Waals surface area contributed by atoms with E-state index >= 15 is 0 Å². The maximum absolute atomic E-state index is 12.0. The molecule has 2 N–H and O–H groups in total. The van der Waals surface area contributed by atoms with Crippen LogP contribution in [-0.4, -0.2) is 22.4 Å². The largest absolute Gasteiger partial charge is 0.356 e. The Bertz CT molecular complexity index is 550. The van der Waals surface area contributed by atoms with Crippen molar-refractivity contribution in [3.63, 3.8) is 0 Å². The lowest BCUT2D eigenvalue weighted by Gasteiger charge is -2.05. The van der Waals surface area contributed by atoms with Crippen LogP contribution in [0.5, 0.6) is 0 Å². The Morgan fingerprint density at radius 2 is 2.20 bits per heavy atom. The lowest BCUT2D eigenvalue weighted by Crippen LogP contribution is -2.26. The van der Waals surface area contributed by atoms with Crippen LogP contribution in [0.3, 0.4) is 0 Å². The van der Waals surface area contributed by atoms with E-state index in [9.17, 15) is 4.79 Å². The molecule has 1 saturated carbocycles. The van der Waals surface area contributed by atoms with Gasteiger partial charge in [-0.1, -0.05) is 30.3 Å². The second-order valence-corrected chi connectivity index (χ2v) is 5.34. The maximum Gasteiger partial charge on any atom is 0.223 e. The van der Waals surface area contributed by atoms with E-state index in [1.807, 2.05) is 24.4 Å². The monoisotopic (exact) mass is 269 g/mol. The SMILES string of the molecule is O=C(NCCCc1ccccc1)[C@@H]1C[C@H]1c1cnc[nH]1. The van der Waals surface area contributed by atoms with E-state index in [-0.39, 0.29) is 11.8 Å². The zero-order valence-corrected chi connectivity index (χ0v) is 11.4. The quantitative estimate of drug-likeness (QED) is 0.790. The highest BCUT2D eigenvalue weighted by Gasteiger charge is 2.44. The molecule has 1 aliphatic carbocycles. The molecule has 3 rings (SSSR count). The van der Waals surface area contributed by atoms with Crippen LogP contribution < -0.4 is 5.32 Å². The number of hydrogen-bond donors (Lipinski definition) is 2. The second kappa shape index (κ2) is 5.90. The van der Waals surface area contributed by atoms with E-state index in [2.05, 4.69) is 27.4 Å². The number of benzene rings is 1. The fourth-order valence-corrected chi connectivity index (χ4v) is 2.58. The first kappa shape index (κ1) is 12.9. The third-order valence-electron chi connectivity index (χ3n) is 3.83. The Hall–Kier alpha value is -2.10. The summed E-state index contributed by atoms with van der Waals surface area (Å²) in [5.74, 6) is 0.650. The summed E-state index contributed by atoms with van der Waals surface area (Å²) in [4.78, 5) is 19.1. The summed E-state index contributed by atoms with van der Waals surface area (Å²) in [5, 5.41) is 3.03. The molecule has 1 amide bonds. The molecule has 104 valence electrons. The maximum atomic E-state index is 12.0. The third kappa shape index (κ3) is 3.07. The summed E-state index contributed by atoms with van der Waals surface area (Å²) in [6.45, 7) is 0.750. The first-order chi connectivity index (χ1) is 9.84. The first-order valence-electron chi connectivity index (χ1n) is 7.14. The molecule has 1 aromatic heterocycles. The summed E-state index contributed by atoms with van der Waals surface area (Å²) in [7, 11) is 0. The van der Waals surface area contributed by atoms with Crippen molar-refractivity contribution in [3.05, 3.63) is 54.1 Å². The van der Waals surface area contributed by atoms with Crippen molar-refractivity contribution in [2.24, 2.45) is 5.92 Å². The van der Waals surface area contributed by atoms with Crippen molar-refractivity contribution >= 4 is 5.91 Å². The van der Waals surface area contributed by atoms with E-state index in [1.54, 1.807) is 6.33 Å². The van der Waals surface area contributed by atoms with Crippen molar-refractivity contribution in [2.45, 2.75) is 25.2 Å². The van der Waals surface area contributed by atoms with Crippen LogP contribution in [0.2, 0.25) is 0 Å². The molecule has 2 atom stereocenters. The van der Waals surface area contributed by atoms with Gasteiger partial charge in [0.1, 0.15) is 0 Å². The van der Waals surface area contributed by atoms with Crippen molar-refractivity contribution in [3.8, 4) is 0 Å². The third-order valence-corrected chi connectivity index (χ3v) is 3.83. The van der Waals surface area contributed by atoms with Crippen molar-refractivity contribution in [1.29, 1.82) is 0 Å². The number of hydrogen-bond acceptors (Lipinski definition) is 2. The summed E-state index contributed by atoms with van der Waals surface area (Å²) in [6, 6.07) is 10.4. The van der Waals surface area contributed by atoms with Gasteiger partial charge in [0.05, 0.1) is 6.33 Å². The highest BCUT2D eigenvalue weighted by Crippen LogP contribution is 2.46. The Morgan fingerprint density at radius 1 is 1.35 bits per heavy atom. The van der Waals surface area contributed by atoms with Crippen molar-refractivity contribution < 1.29 is 4.79 Å². The molecule has 0 spiro atoms. The zero-order valence-electron chi connectivity index (χ0n) is 11.4. The number of amides is 1. The Balaban J connectivity index is 1.36. The molecule has 1 fully saturated rings. The van der Waals surface area contributed by atoms with Gasteiger partial charge in [0.25, 0.3) is 0 Å². The average Bonchev–Trinajstić information content (AvgIpc) is 3.10. The van der Waals surface area contributed by atoms with Gasteiger partial charge in [-0.3, -0.25) is 4.79 Å². The number of H-pyrrole nitrogens is 1. The molecule has 0 bridgehead atoms. The number of nitrogens with one attached hydrogen (secondary N) is 2. The smallest absolute Gasteiger partial charge is 0.223 e. The predicted octanol–water partition coefficient (Wildman–Crippen LogP) is 2.26. The van der Waals surface area contributed by atoms with Crippen molar-refractivity contribution in [1.82, 2.24) is 15.3 Å². The topological polar surface area (TPSA) is 57.8 Å². The molecule has 0 saturated heterocycles. The van der Waals surface area contributed by atoms with Gasteiger partial charge >= 0.3 is 0 Å². The van der Waals surface area contributed by atoms with E-state index in [0.717, 1.165) is 31.5 Å². The minimum Gasteiger partial charge on any atom is -0.356 e. The minimum atomic E-state index is 0.132. The zero-order chi connectivity index (χ0) is 13.8. The summed E-state index contributed by atoms with van der Waals surface area (Å²) in [5.41, 5.74) is 2.40. The van der Waals surface area contributed by atoms with Gasteiger partial charge in [-0.2, -0.15) is 0 Å². The van der Waals surface area contributed by atoms with Crippen LogP contribution in [0.1, 0.15) is 30.0 Å². The van der Waals surface area contributed by atoms with E-state index in [0.29, 0.717) is 5.92 Å². The lowest BCUT2D eigenvalue weighted by atomic mass is 10.1. The molecule has 20 heavy (non-hydrogen) atoms. The highest BCUT2D eigenvalue weighted by molar-refractivity contribution is 5.82. The van der Waals surface area contributed by atoms with E-state index < -0.39 is 0 Å². The molecule has 4 heteroatoms. The Labute approximate surface area is 118 Å². The second-order valence-electron chi connectivity index (χ2n) is 5.34. The molecular formula is C16H19N3O. The molecule has 1 heterocycles. The lowest BCUT2D eigenvalue weighted by molar-refractivity contribution is -0.122. The number of carbonyl (C=O) groups excluding carboxylic acids is 1. The molecule has 4 nitrogen and oxygen atoms in total. The number of imidazole rings is 1. The number of aromatic nitrogens is 2. The van der Waals surface area contributed by atoms with Crippen LogP contribution >= 0.6 is 0 Å². The number of aryl methyl sites for hydroxylation is 1. The van der Waals surface area contributed by atoms with Crippen LogP contribution in [0, 0.1) is 5.92 Å². The van der Waals surface area contributed by atoms with Gasteiger partial charge in [-0.05, 0) is 24.8 Å². The summed E-state index contributed by atoms with van der Waals surface area (Å²) in [6.07, 6.45) is 6.41. The van der Waals surface area contributed by atoms with Gasteiger partial charge in [0.2, 0.25) is 5.91 Å². The van der Waals surface area contributed by atoms with E-state index in [4.69, 9.17) is 0 Å². The fraction of sp³-hybridized carbons (Fsp3) is 0.375. The highest BCUT2D eigenvalue weighted by atomic mass is 16.2. The first-order valence-corrected chi connectivity index (χ1v) is 7.14. The van der Waals surface area contributed by atoms with Gasteiger partial charge < -0.3 is 10.3 Å². The van der Waals surface area contributed by atoms with Crippen LogP contribution in [-0.2, 0) is 11.2 Å². The molecule has 0 radical (unpaired) electrons. The van der Waals surface area contributed by atoms with Crippen molar-refractivity contribution in [2.75, 3.05) is 6.54 Å². The van der Waals surface area contributed by atoms with Gasteiger partial charge in [0.15, 0.2) is 0 Å². The van der Waals surface area contributed by atoms with Gasteiger partial charge in [-0.25, -0.2) is 4.98 Å². The average molecular weight is 269 g/mol. The fourth-order valence-electron chi connectivity index (χ4n) is 2.58. The number of rotatable bonds is 6. The molecule has 0 unspecified atom stereocenters. The van der Waals surface area contributed by atoms with Crippen LogP contribution in [0.25, 0.3) is 0 Å². The number of aromatic amines is 1. The minimum absolute atomic E-state index is 0.132. The standard InChI is InChI=1S/C16H19N3O/c20-16(14-9-13(14)15-10-17-11-19-15)18-8-4-7-12-5-2-1-3-6-12/h1-3,5-6,10-11,13-14H,4,7-9H2,(H,17,19)(H,18,20)/t13-,14-/m1/s1. The molecular weight excluding hydrogens is 250 g/mol. The van der Waals surface area contributed by atoms with E-state index in [1.165, 1.54) is 5.56 Å². The number of nitrogens with zero attached hydrogens (tertiary/aromatic N) is 1. The normalized spacial score (nSPS) is 20.6. The number of carbonyl (C=O) groups is 1. The summed E-state index contributed by atoms with van der Waals surface area (Å²) < 4.78 is 0. The molecule has 1 aliphatic rings. The predicted molar refractivity (Wildman–Crippen MR) is 77.2 cm³/mol. The Kier molecular flexibility index (Phi) is 3.81. The molecule has 2 aromatic rings. The molecule has 0 aliphatic heterocycles. The molecule has 1 aromatic carbocycles. The summed E-state index contributed by atoms with van der Waals surface area (Å²) >= 11 is 0. The van der Waals surface area contributed by atoms with Gasteiger partial charge in [0, 0.05) is 30.3 Å². The van der Waals surface area contributed by atoms with Gasteiger partial charge in [-0.15, -0.1) is 0 Å². The van der Waals surface area contributed by atoms with Crippen LogP contribution in [0.4, 0.5) is 0 Å². The Morgan fingerprint density at radius 3 is 2.95 bits per heavy atom. The van der Waals surface area contributed by atoms with Crippen LogP contribution in [0.15, 0.2) is 42.9 Å².